The van der Waals surface area contributed by atoms with Crippen molar-refractivity contribution >= 4 is 17.8 Å². The van der Waals surface area contributed by atoms with Crippen LogP contribution in [0.1, 0.15) is 44.6 Å². The largest absolute Gasteiger partial charge is 0.354 e. The highest BCUT2D eigenvalue weighted by Gasteiger charge is 2.52. The Morgan fingerprint density at radius 1 is 1.38 bits per heavy atom. The van der Waals surface area contributed by atoms with Gasteiger partial charge in [-0.3, -0.25) is 19.2 Å². The summed E-state index contributed by atoms with van der Waals surface area (Å²) in [4.78, 5) is 38.1. The Balaban J connectivity index is 1.45. The van der Waals surface area contributed by atoms with Crippen molar-refractivity contribution in [3.05, 3.63) is 18.0 Å². The molecule has 1 saturated carbocycles. The van der Waals surface area contributed by atoms with Crippen molar-refractivity contribution in [1.29, 1.82) is 0 Å². The molecule has 1 aliphatic carbocycles. The average molecular weight is 361 g/mol. The summed E-state index contributed by atoms with van der Waals surface area (Å²) in [5.41, 5.74) is 0.306. The summed E-state index contributed by atoms with van der Waals surface area (Å²) in [7, 11) is 0. The second kappa shape index (κ2) is 7.47. The average Bonchev–Trinajstić information content (AvgIpc) is 3.11. The topological polar surface area (TPSA) is 96.3 Å². The molecule has 8 nitrogen and oxygen atoms in total. The number of urea groups is 1. The smallest absolute Gasteiger partial charge is 0.325 e. The SMILES string of the molecule is Cc1cnn(CCCNC(=O)CN2C(=O)NC3(CCC(C)CC3)C2=O)c1. The quantitative estimate of drug-likeness (QED) is 0.588. The molecule has 1 aromatic rings. The maximum atomic E-state index is 12.7. The number of imide groups is 1. The molecule has 1 saturated heterocycles. The molecule has 1 aliphatic heterocycles. The van der Waals surface area contributed by atoms with E-state index >= 15 is 0 Å². The van der Waals surface area contributed by atoms with Gasteiger partial charge in [0.2, 0.25) is 5.91 Å². The van der Waals surface area contributed by atoms with Gasteiger partial charge < -0.3 is 10.6 Å². The van der Waals surface area contributed by atoms with E-state index in [2.05, 4.69) is 22.7 Å². The van der Waals surface area contributed by atoms with Crippen LogP contribution in [0.5, 0.6) is 0 Å². The third kappa shape index (κ3) is 3.89. The lowest BCUT2D eigenvalue weighted by Crippen LogP contribution is -2.49. The molecule has 0 atom stereocenters. The van der Waals surface area contributed by atoms with E-state index < -0.39 is 11.6 Å². The number of rotatable bonds is 6. The van der Waals surface area contributed by atoms with Gasteiger partial charge in [0.1, 0.15) is 12.1 Å². The van der Waals surface area contributed by atoms with Crippen molar-refractivity contribution in [2.24, 2.45) is 5.92 Å². The number of carbonyl (C=O) groups excluding carboxylic acids is 3. The van der Waals surface area contributed by atoms with Crippen LogP contribution in [0.25, 0.3) is 0 Å². The van der Waals surface area contributed by atoms with E-state index in [1.165, 1.54) is 0 Å². The van der Waals surface area contributed by atoms with Gasteiger partial charge in [0, 0.05) is 19.3 Å². The summed E-state index contributed by atoms with van der Waals surface area (Å²) in [5, 5.41) is 9.79. The Morgan fingerprint density at radius 3 is 2.77 bits per heavy atom. The first-order valence-electron chi connectivity index (χ1n) is 9.29. The van der Waals surface area contributed by atoms with Crippen molar-refractivity contribution in [2.45, 2.75) is 58.0 Å². The van der Waals surface area contributed by atoms with Crippen molar-refractivity contribution in [3.8, 4) is 0 Å². The van der Waals surface area contributed by atoms with E-state index in [9.17, 15) is 14.4 Å². The highest BCUT2D eigenvalue weighted by Crippen LogP contribution is 2.36. The molecule has 3 rings (SSSR count). The molecule has 0 aromatic carbocycles. The van der Waals surface area contributed by atoms with Gasteiger partial charge >= 0.3 is 6.03 Å². The fourth-order valence-electron chi connectivity index (χ4n) is 3.67. The van der Waals surface area contributed by atoms with Gasteiger partial charge in [-0.25, -0.2) is 4.79 Å². The van der Waals surface area contributed by atoms with Crippen LogP contribution < -0.4 is 10.6 Å². The van der Waals surface area contributed by atoms with Gasteiger partial charge in [0.05, 0.1) is 6.20 Å². The van der Waals surface area contributed by atoms with Gasteiger partial charge in [0.15, 0.2) is 0 Å². The lowest BCUT2D eigenvalue weighted by atomic mass is 9.77. The van der Waals surface area contributed by atoms with Crippen LogP contribution >= 0.6 is 0 Å². The maximum Gasteiger partial charge on any atom is 0.325 e. The van der Waals surface area contributed by atoms with E-state index in [0.29, 0.717) is 31.8 Å². The zero-order valence-electron chi connectivity index (χ0n) is 15.5. The number of aromatic nitrogens is 2. The first-order chi connectivity index (χ1) is 12.4. The molecule has 2 N–H and O–H groups in total. The third-order valence-corrected chi connectivity index (χ3v) is 5.32. The Labute approximate surface area is 153 Å². The van der Waals surface area contributed by atoms with Gasteiger partial charge in [-0.05, 0) is 50.5 Å². The third-order valence-electron chi connectivity index (χ3n) is 5.32. The number of nitrogens with one attached hydrogen (secondary N) is 2. The van der Waals surface area contributed by atoms with Gasteiger partial charge in [-0.1, -0.05) is 6.92 Å². The molecule has 4 amide bonds. The van der Waals surface area contributed by atoms with Crippen LogP contribution in [0.4, 0.5) is 4.79 Å². The molecule has 26 heavy (non-hydrogen) atoms. The van der Waals surface area contributed by atoms with Crippen LogP contribution in [-0.4, -0.2) is 51.2 Å². The Hall–Kier alpha value is -2.38. The molecule has 1 aromatic heterocycles. The zero-order valence-corrected chi connectivity index (χ0v) is 15.5. The van der Waals surface area contributed by atoms with Crippen molar-refractivity contribution in [2.75, 3.05) is 13.1 Å². The minimum Gasteiger partial charge on any atom is -0.354 e. The summed E-state index contributed by atoms with van der Waals surface area (Å²) in [5.74, 6) is 0.00388. The predicted octanol–water partition coefficient (Wildman–Crippen LogP) is 1.20. The number of amides is 4. The Morgan fingerprint density at radius 2 is 2.12 bits per heavy atom. The van der Waals surface area contributed by atoms with E-state index in [1.54, 1.807) is 6.20 Å². The minimum atomic E-state index is -0.790. The first-order valence-corrected chi connectivity index (χ1v) is 9.29. The first kappa shape index (κ1) is 18.4. The highest BCUT2D eigenvalue weighted by molar-refractivity contribution is 6.09. The van der Waals surface area contributed by atoms with Gasteiger partial charge in [-0.2, -0.15) is 5.10 Å². The lowest BCUT2D eigenvalue weighted by Gasteiger charge is -2.33. The molecule has 2 heterocycles. The summed E-state index contributed by atoms with van der Waals surface area (Å²) in [6, 6.07) is -0.452. The van der Waals surface area contributed by atoms with Gasteiger partial charge in [-0.15, -0.1) is 0 Å². The molecule has 0 bridgehead atoms. The number of hydrogen-bond acceptors (Lipinski definition) is 4. The second-order valence-electron chi connectivity index (χ2n) is 7.57. The van der Waals surface area contributed by atoms with E-state index in [-0.39, 0.29) is 18.4 Å². The van der Waals surface area contributed by atoms with Crippen LogP contribution in [0.15, 0.2) is 12.4 Å². The number of hydrogen-bond donors (Lipinski definition) is 2. The molecular formula is C18H27N5O3. The maximum absolute atomic E-state index is 12.7. The molecule has 2 aliphatic rings. The van der Waals surface area contributed by atoms with Crippen LogP contribution in [0.3, 0.4) is 0 Å². The zero-order chi connectivity index (χ0) is 18.7. The highest BCUT2D eigenvalue weighted by atomic mass is 16.2. The van der Waals surface area contributed by atoms with E-state index in [0.717, 1.165) is 29.7 Å². The van der Waals surface area contributed by atoms with Crippen molar-refractivity contribution < 1.29 is 14.4 Å². The molecule has 1 spiro atoms. The van der Waals surface area contributed by atoms with E-state index in [1.807, 2.05) is 17.8 Å². The van der Waals surface area contributed by atoms with Gasteiger partial charge in [0.25, 0.3) is 5.91 Å². The van der Waals surface area contributed by atoms with Crippen LogP contribution in [0.2, 0.25) is 0 Å². The molecule has 8 heteroatoms. The lowest BCUT2D eigenvalue weighted by molar-refractivity contribution is -0.136. The Kier molecular flexibility index (Phi) is 5.29. The Bertz CT molecular complexity index is 691. The summed E-state index contributed by atoms with van der Waals surface area (Å²) in [6.07, 6.45) is 7.60. The summed E-state index contributed by atoms with van der Waals surface area (Å²) < 4.78 is 1.83. The van der Waals surface area contributed by atoms with Crippen molar-refractivity contribution in [1.82, 2.24) is 25.3 Å². The van der Waals surface area contributed by atoms with Crippen molar-refractivity contribution in [3.63, 3.8) is 0 Å². The molecule has 2 fully saturated rings. The minimum absolute atomic E-state index is 0.219. The van der Waals surface area contributed by atoms with Crippen LogP contribution in [0, 0.1) is 12.8 Å². The number of carbonyl (C=O) groups is 3. The monoisotopic (exact) mass is 361 g/mol. The fraction of sp³-hybridized carbons (Fsp3) is 0.667. The fourth-order valence-corrected chi connectivity index (χ4v) is 3.67. The summed E-state index contributed by atoms with van der Waals surface area (Å²) >= 11 is 0. The molecular weight excluding hydrogens is 334 g/mol. The number of nitrogens with zero attached hydrogens (tertiary/aromatic N) is 3. The second-order valence-corrected chi connectivity index (χ2v) is 7.57. The molecule has 142 valence electrons. The van der Waals surface area contributed by atoms with Crippen LogP contribution in [-0.2, 0) is 16.1 Å². The summed E-state index contributed by atoms with van der Waals surface area (Å²) in [6.45, 7) is 5.10. The molecule has 0 unspecified atom stereocenters. The van der Waals surface area contributed by atoms with E-state index in [4.69, 9.17) is 0 Å². The normalized spacial score (nSPS) is 25.6. The molecule has 0 radical (unpaired) electrons. The standard InChI is InChI=1S/C18H27N5O3/c1-13-4-6-18(7-5-13)16(25)23(17(26)21-18)12-15(24)19-8-3-9-22-11-14(2)10-20-22/h10-11,13H,3-9,12H2,1-2H3,(H,19,24)(H,21,26). The number of aryl methyl sites for hydroxylation is 2. The predicted molar refractivity (Wildman–Crippen MR) is 95.2 cm³/mol.